The van der Waals surface area contributed by atoms with E-state index in [1.165, 1.54) is 16.6 Å². The van der Waals surface area contributed by atoms with Gasteiger partial charge in [0.25, 0.3) is 0 Å². The SMILES string of the molecule is C/C(=C\C(=O)c1ncn2c1COc1c(CCN3CCN(c4cccc5nc(C)ccc45)CC3)cccc1-2)N(C)C. The number of ketones is 1. The number of pyridine rings is 1. The fourth-order valence-electron chi connectivity index (χ4n) is 5.58. The number of piperazine rings is 1. The molecule has 0 atom stereocenters. The topological polar surface area (TPSA) is 66.7 Å². The second-order valence-electron chi connectivity index (χ2n) is 10.9. The summed E-state index contributed by atoms with van der Waals surface area (Å²) in [6, 6.07) is 17.0. The lowest BCUT2D eigenvalue weighted by atomic mass is 10.1. The van der Waals surface area contributed by atoms with Crippen molar-refractivity contribution in [2.45, 2.75) is 26.9 Å². The standard InChI is InChI=1S/C32H36N6O2/c1-22-11-12-25-26(34-22)8-6-9-27(25)37-17-15-36(16-18-37)14-13-24-7-5-10-28-32(24)40-20-29-31(33-21-38(28)29)30(39)19-23(2)35(3)4/h5-12,19,21H,13-18,20H2,1-4H3/b23-19+. The van der Waals surface area contributed by atoms with E-state index in [-0.39, 0.29) is 5.78 Å². The minimum absolute atomic E-state index is 0.0998. The van der Waals surface area contributed by atoms with Crippen molar-refractivity contribution in [3.05, 3.63) is 89.3 Å². The zero-order valence-corrected chi connectivity index (χ0v) is 23.7. The van der Waals surface area contributed by atoms with E-state index in [2.05, 4.69) is 57.2 Å². The fraction of sp³-hybridized carbons (Fsp3) is 0.344. The van der Waals surface area contributed by atoms with Crippen molar-refractivity contribution in [3.8, 4) is 11.4 Å². The number of fused-ring (bicyclic) bond motifs is 4. The van der Waals surface area contributed by atoms with Crippen molar-refractivity contribution in [2.24, 2.45) is 0 Å². The Morgan fingerprint density at radius 2 is 1.80 bits per heavy atom. The van der Waals surface area contributed by atoms with Gasteiger partial charge in [0, 0.05) is 75.4 Å². The second-order valence-corrected chi connectivity index (χ2v) is 10.9. The Morgan fingerprint density at radius 1 is 1.02 bits per heavy atom. The van der Waals surface area contributed by atoms with Gasteiger partial charge in [0.05, 0.1) is 16.9 Å². The smallest absolute Gasteiger partial charge is 0.207 e. The van der Waals surface area contributed by atoms with Crippen LogP contribution in [0.1, 0.15) is 34.4 Å². The molecule has 0 saturated carbocycles. The number of imidazole rings is 1. The van der Waals surface area contributed by atoms with Gasteiger partial charge in [0.2, 0.25) is 5.78 Å². The van der Waals surface area contributed by atoms with Gasteiger partial charge in [-0.25, -0.2) is 4.98 Å². The third kappa shape index (κ3) is 4.95. The number of hydrogen-bond donors (Lipinski definition) is 0. The maximum absolute atomic E-state index is 12.9. The molecule has 4 heterocycles. The first kappa shape index (κ1) is 26.1. The van der Waals surface area contributed by atoms with Gasteiger partial charge in [-0.15, -0.1) is 0 Å². The number of nitrogens with zero attached hydrogens (tertiary/aromatic N) is 6. The molecule has 0 aliphatic carbocycles. The van der Waals surface area contributed by atoms with Gasteiger partial charge >= 0.3 is 0 Å². The molecule has 0 N–H and O–H groups in total. The summed E-state index contributed by atoms with van der Waals surface area (Å²) in [6.45, 7) is 9.28. The first-order chi connectivity index (χ1) is 19.4. The van der Waals surface area contributed by atoms with E-state index in [9.17, 15) is 4.79 Å². The van der Waals surface area contributed by atoms with Crippen molar-refractivity contribution in [3.63, 3.8) is 0 Å². The largest absolute Gasteiger partial charge is 0.485 e. The minimum atomic E-state index is -0.0998. The average molecular weight is 537 g/mol. The maximum atomic E-state index is 12.9. The van der Waals surface area contributed by atoms with Gasteiger partial charge in [-0.2, -0.15) is 0 Å². The quantitative estimate of drug-likeness (QED) is 0.252. The molecule has 2 aliphatic rings. The number of carbonyl (C=O) groups excluding carboxylic acids is 1. The Bertz CT molecular complexity index is 1600. The summed E-state index contributed by atoms with van der Waals surface area (Å²) in [6.07, 6.45) is 4.28. The zero-order valence-electron chi connectivity index (χ0n) is 23.7. The molecule has 40 heavy (non-hydrogen) atoms. The lowest BCUT2D eigenvalue weighted by molar-refractivity contribution is 0.103. The molecule has 2 aliphatic heterocycles. The summed E-state index contributed by atoms with van der Waals surface area (Å²) in [5.41, 5.74) is 7.65. The summed E-state index contributed by atoms with van der Waals surface area (Å²) in [5.74, 6) is 0.792. The number of para-hydroxylation sites is 1. The normalized spacial score (nSPS) is 15.5. The number of anilines is 1. The van der Waals surface area contributed by atoms with Crippen molar-refractivity contribution >= 4 is 22.4 Å². The first-order valence-corrected chi connectivity index (χ1v) is 13.9. The van der Waals surface area contributed by atoms with Crippen LogP contribution in [0.2, 0.25) is 0 Å². The van der Waals surface area contributed by atoms with Crippen molar-refractivity contribution in [2.75, 3.05) is 51.7 Å². The van der Waals surface area contributed by atoms with Crippen molar-refractivity contribution < 1.29 is 9.53 Å². The second kappa shape index (κ2) is 10.8. The molecule has 8 heteroatoms. The summed E-state index contributed by atoms with van der Waals surface area (Å²) < 4.78 is 8.28. The van der Waals surface area contributed by atoms with E-state index in [1.807, 2.05) is 43.5 Å². The lowest BCUT2D eigenvalue weighted by Crippen LogP contribution is -2.47. The van der Waals surface area contributed by atoms with Crippen LogP contribution in [0.25, 0.3) is 16.6 Å². The molecule has 0 radical (unpaired) electrons. The van der Waals surface area contributed by atoms with E-state index >= 15 is 0 Å². The number of benzene rings is 2. The summed E-state index contributed by atoms with van der Waals surface area (Å²) in [7, 11) is 3.85. The number of hydrogen-bond acceptors (Lipinski definition) is 7. The van der Waals surface area contributed by atoms with Crippen LogP contribution in [0, 0.1) is 6.92 Å². The molecule has 1 fully saturated rings. The number of ether oxygens (including phenoxy) is 1. The number of allylic oxidation sites excluding steroid dienone is 2. The van der Waals surface area contributed by atoms with Crippen LogP contribution in [-0.2, 0) is 13.0 Å². The molecular weight excluding hydrogens is 500 g/mol. The van der Waals surface area contributed by atoms with Crippen LogP contribution >= 0.6 is 0 Å². The first-order valence-electron chi connectivity index (χ1n) is 13.9. The molecule has 0 amide bonds. The summed E-state index contributed by atoms with van der Waals surface area (Å²) in [5, 5.41) is 1.22. The summed E-state index contributed by atoms with van der Waals surface area (Å²) in [4.78, 5) is 29.0. The molecule has 1 saturated heterocycles. The Hall–Kier alpha value is -4.17. The third-order valence-electron chi connectivity index (χ3n) is 8.09. The predicted octanol–water partition coefficient (Wildman–Crippen LogP) is 4.63. The predicted molar refractivity (Wildman–Crippen MR) is 159 cm³/mol. The Morgan fingerprint density at radius 3 is 2.60 bits per heavy atom. The van der Waals surface area contributed by atoms with Crippen LogP contribution in [0.4, 0.5) is 5.69 Å². The number of aromatic nitrogens is 3. The van der Waals surface area contributed by atoms with E-state index in [1.54, 1.807) is 12.4 Å². The molecule has 0 bridgehead atoms. The molecule has 2 aromatic heterocycles. The Labute approximate surface area is 235 Å². The number of carbonyl (C=O) groups is 1. The third-order valence-corrected chi connectivity index (χ3v) is 8.09. The highest BCUT2D eigenvalue weighted by Crippen LogP contribution is 2.35. The molecule has 206 valence electrons. The van der Waals surface area contributed by atoms with E-state index < -0.39 is 0 Å². The van der Waals surface area contributed by atoms with Gasteiger partial charge in [-0.1, -0.05) is 18.2 Å². The van der Waals surface area contributed by atoms with Gasteiger partial charge < -0.3 is 14.5 Å². The molecular formula is C32H36N6O2. The van der Waals surface area contributed by atoms with Gasteiger partial charge in [-0.05, 0) is 56.2 Å². The molecule has 4 aromatic rings. The highest BCUT2D eigenvalue weighted by Gasteiger charge is 2.26. The lowest BCUT2D eigenvalue weighted by Gasteiger charge is -2.36. The number of rotatable bonds is 7. The van der Waals surface area contributed by atoms with Crippen LogP contribution in [0.15, 0.2) is 66.6 Å². The zero-order chi connectivity index (χ0) is 27.8. The maximum Gasteiger partial charge on any atom is 0.207 e. The van der Waals surface area contributed by atoms with Crippen molar-refractivity contribution in [1.82, 2.24) is 24.3 Å². The van der Waals surface area contributed by atoms with Crippen LogP contribution in [0.3, 0.4) is 0 Å². The van der Waals surface area contributed by atoms with Gasteiger partial charge in [0.15, 0.2) is 0 Å². The highest BCUT2D eigenvalue weighted by atomic mass is 16.5. The van der Waals surface area contributed by atoms with Crippen LogP contribution in [-0.4, -0.2) is 76.9 Å². The van der Waals surface area contributed by atoms with Crippen LogP contribution in [0.5, 0.6) is 5.75 Å². The monoisotopic (exact) mass is 536 g/mol. The van der Waals surface area contributed by atoms with Gasteiger partial charge in [-0.3, -0.25) is 19.2 Å². The number of aryl methyl sites for hydroxylation is 1. The summed E-state index contributed by atoms with van der Waals surface area (Å²) >= 11 is 0. The fourth-order valence-corrected chi connectivity index (χ4v) is 5.58. The molecule has 2 aromatic carbocycles. The van der Waals surface area contributed by atoms with Crippen molar-refractivity contribution in [1.29, 1.82) is 0 Å². The Balaban J connectivity index is 1.12. The van der Waals surface area contributed by atoms with E-state index in [0.717, 1.165) is 73.2 Å². The molecule has 8 nitrogen and oxygen atoms in total. The Kier molecular flexibility index (Phi) is 7.02. The molecule has 0 unspecified atom stereocenters. The minimum Gasteiger partial charge on any atom is -0.485 e. The van der Waals surface area contributed by atoms with E-state index in [0.29, 0.717) is 12.3 Å². The molecule has 0 spiro atoms. The molecule has 6 rings (SSSR count). The van der Waals surface area contributed by atoms with Gasteiger partial charge in [0.1, 0.15) is 24.4 Å². The van der Waals surface area contributed by atoms with Crippen LogP contribution < -0.4 is 9.64 Å². The van der Waals surface area contributed by atoms with E-state index in [4.69, 9.17) is 9.72 Å². The average Bonchev–Trinajstić information content (AvgIpc) is 3.41. The highest BCUT2D eigenvalue weighted by molar-refractivity contribution is 6.04.